The minimum absolute atomic E-state index is 0.108. The number of hydrogen-bond donors (Lipinski definition) is 2. The molecule has 0 amide bonds. The van der Waals surface area contributed by atoms with Crippen LogP contribution in [0.3, 0.4) is 0 Å². The largest absolute Gasteiger partial charge is 0.393 e. The van der Waals surface area contributed by atoms with Gasteiger partial charge in [-0.3, -0.25) is 0 Å². The molecule has 0 bridgehead atoms. The molecule has 0 aromatic rings. The molecule has 0 aromatic heterocycles. The summed E-state index contributed by atoms with van der Waals surface area (Å²) < 4.78 is 6.02. The second-order valence-corrected chi connectivity index (χ2v) is 5.49. The molecular weight excluding hydrogens is 202 g/mol. The Labute approximate surface area is 98.4 Å². The van der Waals surface area contributed by atoms with E-state index < -0.39 is 0 Å². The minimum Gasteiger partial charge on any atom is -0.393 e. The maximum atomic E-state index is 10.1. The molecule has 1 heterocycles. The summed E-state index contributed by atoms with van der Waals surface area (Å²) in [6.07, 6.45) is 8.89. The number of hydrogen-bond acceptors (Lipinski definition) is 3. The van der Waals surface area contributed by atoms with Gasteiger partial charge in [0.1, 0.15) is 0 Å². The highest BCUT2D eigenvalue weighted by atomic mass is 16.5. The Morgan fingerprint density at radius 2 is 2.06 bits per heavy atom. The number of nitrogens with two attached hydrogens (primary N) is 1. The maximum Gasteiger partial charge on any atom is 0.0686 e. The average Bonchev–Trinajstić information content (AvgIpc) is 2.30. The molecule has 1 saturated carbocycles. The standard InChI is InChI=1S/C13H25NO2/c14-8-4-12(15)11-5-9-16-13(10-11)6-2-1-3-7-13/h11-12,15H,1-10,14H2. The molecule has 16 heavy (non-hydrogen) atoms. The van der Waals surface area contributed by atoms with Gasteiger partial charge < -0.3 is 15.6 Å². The molecule has 0 aromatic carbocycles. The van der Waals surface area contributed by atoms with E-state index >= 15 is 0 Å². The van der Waals surface area contributed by atoms with Crippen molar-refractivity contribution in [1.29, 1.82) is 0 Å². The zero-order valence-corrected chi connectivity index (χ0v) is 10.2. The Morgan fingerprint density at radius 1 is 1.31 bits per heavy atom. The topological polar surface area (TPSA) is 55.5 Å². The summed E-state index contributed by atoms with van der Waals surface area (Å²) in [5.41, 5.74) is 5.62. The van der Waals surface area contributed by atoms with Gasteiger partial charge in [0, 0.05) is 6.61 Å². The van der Waals surface area contributed by atoms with Crippen LogP contribution in [0.5, 0.6) is 0 Å². The van der Waals surface area contributed by atoms with Crippen LogP contribution >= 0.6 is 0 Å². The van der Waals surface area contributed by atoms with Gasteiger partial charge >= 0.3 is 0 Å². The van der Waals surface area contributed by atoms with E-state index in [4.69, 9.17) is 10.5 Å². The van der Waals surface area contributed by atoms with Gasteiger partial charge in [-0.1, -0.05) is 19.3 Å². The third-order valence-corrected chi connectivity index (χ3v) is 4.30. The fraction of sp³-hybridized carbons (Fsp3) is 1.00. The molecule has 0 radical (unpaired) electrons. The second-order valence-electron chi connectivity index (χ2n) is 5.49. The number of aliphatic hydroxyl groups is 1. The Bertz CT molecular complexity index is 208. The summed E-state index contributed by atoms with van der Waals surface area (Å²) in [5, 5.41) is 10.1. The Hall–Kier alpha value is -0.120. The van der Waals surface area contributed by atoms with Gasteiger partial charge in [0.05, 0.1) is 11.7 Å². The molecule has 3 nitrogen and oxygen atoms in total. The lowest BCUT2D eigenvalue weighted by atomic mass is 9.74. The Kier molecular flexibility index (Phi) is 4.22. The highest BCUT2D eigenvalue weighted by molar-refractivity contribution is 4.91. The lowest BCUT2D eigenvalue weighted by Gasteiger charge is -2.44. The highest BCUT2D eigenvalue weighted by Crippen LogP contribution is 2.41. The van der Waals surface area contributed by atoms with Crippen molar-refractivity contribution in [1.82, 2.24) is 0 Å². The second kappa shape index (κ2) is 5.48. The van der Waals surface area contributed by atoms with Crippen molar-refractivity contribution in [2.45, 2.75) is 63.1 Å². The van der Waals surface area contributed by atoms with Crippen molar-refractivity contribution in [3.8, 4) is 0 Å². The summed E-state index contributed by atoms with van der Waals surface area (Å²) in [4.78, 5) is 0. The summed E-state index contributed by atoms with van der Waals surface area (Å²) >= 11 is 0. The first-order chi connectivity index (χ1) is 7.76. The van der Waals surface area contributed by atoms with Gasteiger partial charge in [-0.05, 0) is 44.6 Å². The molecule has 1 aliphatic carbocycles. The lowest BCUT2D eigenvalue weighted by Crippen LogP contribution is -2.44. The fourth-order valence-electron chi connectivity index (χ4n) is 3.35. The minimum atomic E-state index is -0.215. The summed E-state index contributed by atoms with van der Waals surface area (Å²) in [7, 11) is 0. The molecule has 2 rings (SSSR count). The van der Waals surface area contributed by atoms with Crippen LogP contribution in [0, 0.1) is 5.92 Å². The van der Waals surface area contributed by atoms with Gasteiger partial charge in [0.2, 0.25) is 0 Å². The fourth-order valence-corrected chi connectivity index (χ4v) is 3.35. The van der Waals surface area contributed by atoms with Gasteiger partial charge in [-0.2, -0.15) is 0 Å². The van der Waals surface area contributed by atoms with Gasteiger partial charge in [0.15, 0.2) is 0 Å². The predicted octanol–water partition coefficient (Wildman–Crippen LogP) is 1.83. The normalized spacial score (nSPS) is 31.5. The zero-order chi connectivity index (χ0) is 11.4. The van der Waals surface area contributed by atoms with Crippen molar-refractivity contribution >= 4 is 0 Å². The first kappa shape index (κ1) is 12.3. The van der Waals surface area contributed by atoms with E-state index in [1.165, 1.54) is 32.1 Å². The molecule has 2 atom stereocenters. The van der Waals surface area contributed by atoms with Crippen LogP contribution in [0.2, 0.25) is 0 Å². The van der Waals surface area contributed by atoms with Crippen LogP contribution in [0.4, 0.5) is 0 Å². The quantitative estimate of drug-likeness (QED) is 0.773. The third-order valence-electron chi connectivity index (χ3n) is 4.30. The van der Waals surface area contributed by atoms with Gasteiger partial charge in [-0.15, -0.1) is 0 Å². The summed E-state index contributed by atoms with van der Waals surface area (Å²) in [6, 6.07) is 0. The van der Waals surface area contributed by atoms with E-state index in [2.05, 4.69) is 0 Å². The molecule has 2 aliphatic rings. The Balaban J connectivity index is 1.92. The molecule has 1 saturated heterocycles. The molecule has 2 fully saturated rings. The molecule has 3 heteroatoms. The van der Waals surface area contributed by atoms with Crippen LogP contribution in [-0.4, -0.2) is 30.0 Å². The predicted molar refractivity (Wildman–Crippen MR) is 64.2 cm³/mol. The van der Waals surface area contributed by atoms with Crippen molar-refractivity contribution in [3.63, 3.8) is 0 Å². The summed E-state index contributed by atoms with van der Waals surface area (Å²) in [6.45, 7) is 1.41. The highest BCUT2D eigenvalue weighted by Gasteiger charge is 2.40. The van der Waals surface area contributed by atoms with Gasteiger partial charge in [0.25, 0.3) is 0 Å². The average molecular weight is 227 g/mol. The van der Waals surface area contributed by atoms with Crippen LogP contribution in [-0.2, 0) is 4.74 Å². The molecular formula is C13H25NO2. The van der Waals surface area contributed by atoms with E-state index in [0.29, 0.717) is 12.5 Å². The van der Waals surface area contributed by atoms with E-state index in [1.807, 2.05) is 0 Å². The number of rotatable bonds is 3. The number of aliphatic hydroxyl groups excluding tert-OH is 1. The maximum absolute atomic E-state index is 10.1. The third kappa shape index (κ3) is 2.76. The molecule has 94 valence electrons. The summed E-state index contributed by atoms with van der Waals surface area (Å²) in [5.74, 6) is 0.412. The van der Waals surface area contributed by atoms with Gasteiger partial charge in [-0.25, -0.2) is 0 Å². The Morgan fingerprint density at radius 3 is 2.75 bits per heavy atom. The molecule has 1 aliphatic heterocycles. The van der Waals surface area contributed by atoms with E-state index in [9.17, 15) is 5.11 Å². The van der Waals surface area contributed by atoms with Crippen LogP contribution < -0.4 is 5.73 Å². The van der Waals surface area contributed by atoms with Crippen LogP contribution in [0.25, 0.3) is 0 Å². The van der Waals surface area contributed by atoms with Crippen molar-refractivity contribution in [2.24, 2.45) is 11.7 Å². The monoisotopic (exact) mass is 227 g/mol. The van der Waals surface area contributed by atoms with Crippen LogP contribution in [0.15, 0.2) is 0 Å². The zero-order valence-electron chi connectivity index (χ0n) is 10.2. The first-order valence-electron chi connectivity index (χ1n) is 6.78. The van der Waals surface area contributed by atoms with E-state index in [0.717, 1.165) is 25.9 Å². The first-order valence-corrected chi connectivity index (χ1v) is 6.78. The van der Waals surface area contributed by atoms with Crippen molar-refractivity contribution < 1.29 is 9.84 Å². The lowest BCUT2D eigenvalue weighted by molar-refractivity contribution is -0.133. The number of ether oxygens (including phenoxy) is 1. The smallest absolute Gasteiger partial charge is 0.0686 e. The molecule has 3 N–H and O–H groups in total. The van der Waals surface area contributed by atoms with Crippen LogP contribution in [0.1, 0.15) is 51.4 Å². The van der Waals surface area contributed by atoms with E-state index in [1.54, 1.807) is 0 Å². The van der Waals surface area contributed by atoms with E-state index in [-0.39, 0.29) is 11.7 Å². The van der Waals surface area contributed by atoms with Crippen molar-refractivity contribution in [2.75, 3.05) is 13.2 Å². The SMILES string of the molecule is NCCC(O)C1CCOC2(CCCCC2)C1. The van der Waals surface area contributed by atoms with Crippen molar-refractivity contribution in [3.05, 3.63) is 0 Å². The molecule has 2 unspecified atom stereocenters. The molecule has 1 spiro atoms.